The molecule has 23 heavy (non-hydrogen) atoms. The number of methoxy groups -OCH3 is 2. The van der Waals surface area contributed by atoms with Gasteiger partial charge in [-0.2, -0.15) is 4.98 Å². The topological polar surface area (TPSA) is 83.4 Å². The number of nitrogens with zero attached hydrogens (tertiary/aromatic N) is 2. The van der Waals surface area contributed by atoms with Gasteiger partial charge in [-0.1, -0.05) is 17.3 Å². The average Bonchev–Trinajstić information content (AvgIpc) is 3.18. The Morgan fingerprint density at radius 2 is 2.17 bits per heavy atom. The predicted molar refractivity (Wildman–Crippen MR) is 89.5 cm³/mol. The molecule has 6 nitrogen and oxygen atoms in total. The van der Waals surface area contributed by atoms with Crippen molar-refractivity contribution in [1.29, 1.82) is 0 Å². The number of ether oxygens (including phenoxy) is 2. The lowest BCUT2D eigenvalue weighted by Crippen LogP contribution is -2.14. The summed E-state index contributed by atoms with van der Waals surface area (Å²) < 4.78 is 16.8. The SMILES string of the molecule is COc1ccc(Cc2noc(C3=CCC(N)C3)n2)c(Br)c1OC. The molecule has 0 saturated heterocycles. The fraction of sp³-hybridized carbons (Fsp3) is 0.375. The molecule has 3 rings (SSSR count). The summed E-state index contributed by atoms with van der Waals surface area (Å²) in [6, 6.07) is 3.96. The van der Waals surface area contributed by atoms with Crippen LogP contribution < -0.4 is 15.2 Å². The van der Waals surface area contributed by atoms with Gasteiger partial charge in [0.15, 0.2) is 17.3 Å². The van der Waals surface area contributed by atoms with Crippen molar-refractivity contribution in [3.8, 4) is 11.5 Å². The quantitative estimate of drug-likeness (QED) is 0.859. The summed E-state index contributed by atoms with van der Waals surface area (Å²) in [7, 11) is 3.21. The summed E-state index contributed by atoms with van der Waals surface area (Å²) in [6.45, 7) is 0. The van der Waals surface area contributed by atoms with Crippen LogP contribution in [-0.2, 0) is 6.42 Å². The molecular weight excluding hydrogens is 362 g/mol. The molecule has 122 valence electrons. The normalized spacial score (nSPS) is 17.2. The number of halogens is 1. The van der Waals surface area contributed by atoms with Gasteiger partial charge in [-0.3, -0.25) is 0 Å². The maximum Gasteiger partial charge on any atom is 0.253 e. The van der Waals surface area contributed by atoms with Gasteiger partial charge in [0.25, 0.3) is 5.89 Å². The first-order valence-electron chi connectivity index (χ1n) is 7.29. The van der Waals surface area contributed by atoms with Gasteiger partial charge < -0.3 is 19.7 Å². The van der Waals surface area contributed by atoms with Gasteiger partial charge in [0.05, 0.1) is 18.7 Å². The second kappa shape index (κ2) is 6.72. The van der Waals surface area contributed by atoms with E-state index in [1.807, 2.05) is 12.1 Å². The van der Waals surface area contributed by atoms with Gasteiger partial charge in [-0.15, -0.1) is 0 Å². The molecule has 0 bridgehead atoms. The summed E-state index contributed by atoms with van der Waals surface area (Å²) in [5, 5.41) is 4.06. The average molecular weight is 380 g/mol. The molecule has 1 aliphatic rings. The van der Waals surface area contributed by atoms with Crippen molar-refractivity contribution in [3.05, 3.63) is 40.0 Å². The molecule has 0 spiro atoms. The number of aromatic nitrogens is 2. The van der Waals surface area contributed by atoms with Crippen molar-refractivity contribution in [1.82, 2.24) is 10.1 Å². The highest BCUT2D eigenvalue weighted by Crippen LogP contribution is 2.38. The molecule has 0 fully saturated rings. The monoisotopic (exact) mass is 379 g/mol. The van der Waals surface area contributed by atoms with Crippen LogP contribution in [-0.4, -0.2) is 30.4 Å². The molecule has 0 amide bonds. The Morgan fingerprint density at radius 3 is 2.83 bits per heavy atom. The standard InChI is InChI=1S/C16H18BrN3O3/c1-21-12-6-4-9(14(17)15(12)22-2)8-13-19-16(23-20-13)10-3-5-11(18)7-10/h3-4,6,11H,5,7-8,18H2,1-2H3. The summed E-state index contributed by atoms with van der Waals surface area (Å²) in [5.74, 6) is 2.50. The van der Waals surface area contributed by atoms with Gasteiger partial charge >= 0.3 is 0 Å². The zero-order valence-electron chi connectivity index (χ0n) is 13.0. The highest BCUT2D eigenvalue weighted by atomic mass is 79.9. The molecule has 1 heterocycles. The summed E-state index contributed by atoms with van der Waals surface area (Å²) in [6.07, 6.45) is 4.23. The van der Waals surface area contributed by atoms with Crippen LogP contribution in [0.3, 0.4) is 0 Å². The first-order chi connectivity index (χ1) is 11.1. The van der Waals surface area contributed by atoms with Crippen LogP contribution in [0.1, 0.15) is 30.1 Å². The van der Waals surface area contributed by atoms with Crippen molar-refractivity contribution in [3.63, 3.8) is 0 Å². The van der Waals surface area contributed by atoms with Gasteiger partial charge in [0, 0.05) is 18.0 Å². The molecule has 7 heteroatoms. The third-order valence-electron chi connectivity index (χ3n) is 3.81. The van der Waals surface area contributed by atoms with Gasteiger partial charge in [-0.25, -0.2) is 0 Å². The molecule has 1 atom stereocenters. The van der Waals surface area contributed by atoms with Crippen LogP contribution in [0.4, 0.5) is 0 Å². The molecule has 0 saturated carbocycles. The molecule has 2 N–H and O–H groups in total. The van der Waals surface area contributed by atoms with E-state index in [9.17, 15) is 0 Å². The lowest BCUT2D eigenvalue weighted by molar-refractivity contribution is 0.352. The Labute approximate surface area is 142 Å². The van der Waals surface area contributed by atoms with Crippen molar-refractivity contribution in [2.45, 2.75) is 25.3 Å². The highest BCUT2D eigenvalue weighted by molar-refractivity contribution is 9.10. The lowest BCUT2D eigenvalue weighted by Gasteiger charge is -2.12. The van der Waals surface area contributed by atoms with Gasteiger partial charge in [0.1, 0.15) is 0 Å². The summed E-state index contributed by atoms with van der Waals surface area (Å²) in [4.78, 5) is 4.47. The number of hydrogen-bond acceptors (Lipinski definition) is 6. The van der Waals surface area contributed by atoms with E-state index in [1.54, 1.807) is 14.2 Å². The van der Waals surface area contributed by atoms with Gasteiger partial charge in [-0.05, 0) is 40.4 Å². The fourth-order valence-electron chi connectivity index (χ4n) is 2.61. The van der Waals surface area contributed by atoms with Crippen LogP contribution >= 0.6 is 15.9 Å². The largest absolute Gasteiger partial charge is 0.493 e. The number of benzene rings is 1. The number of rotatable bonds is 5. The van der Waals surface area contributed by atoms with E-state index >= 15 is 0 Å². The fourth-order valence-corrected chi connectivity index (χ4v) is 3.24. The smallest absolute Gasteiger partial charge is 0.253 e. The predicted octanol–water partition coefficient (Wildman–Crippen LogP) is 2.94. The van der Waals surface area contributed by atoms with Crippen molar-refractivity contribution < 1.29 is 14.0 Å². The molecule has 1 unspecified atom stereocenters. The van der Waals surface area contributed by atoms with E-state index in [1.165, 1.54) is 0 Å². The van der Waals surface area contributed by atoms with E-state index in [-0.39, 0.29) is 6.04 Å². The Hall–Kier alpha value is -1.86. The second-order valence-corrected chi connectivity index (χ2v) is 6.19. The Kier molecular flexibility index (Phi) is 4.68. The van der Waals surface area contributed by atoms with E-state index in [0.29, 0.717) is 29.6 Å². The third-order valence-corrected chi connectivity index (χ3v) is 4.67. The lowest BCUT2D eigenvalue weighted by atomic mass is 10.1. The minimum Gasteiger partial charge on any atom is -0.493 e. The molecule has 1 aromatic carbocycles. The third kappa shape index (κ3) is 3.25. The van der Waals surface area contributed by atoms with E-state index < -0.39 is 0 Å². The van der Waals surface area contributed by atoms with Crippen LogP contribution in [0.2, 0.25) is 0 Å². The molecule has 0 aliphatic heterocycles. The van der Waals surface area contributed by atoms with Crippen molar-refractivity contribution >= 4 is 21.5 Å². The minimum atomic E-state index is 0.153. The molecule has 0 radical (unpaired) electrons. The van der Waals surface area contributed by atoms with Crippen molar-refractivity contribution in [2.24, 2.45) is 5.73 Å². The Balaban J connectivity index is 1.82. The zero-order chi connectivity index (χ0) is 16.4. The molecular formula is C16H18BrN3O3. The Morgan fingerprint density at radius 1 is 1.35 bits per heavy atom. The van der Waals surface area contributed by atoms with Crippen LogP contribution in [0, 0.1) is 0 Å². The van der Waals surface area contributed by atoms with Crippen LogP contribution in [0.5, 0.6) is 11.5 Å². The molecule has 2 aromatic rings. The maximum atomic E-state index is 5.90. The van der Waals surface area contributed by atoms with Crippen molar-refractivity contribution in [2.75, 3.05) is 14.2 Å². The number of nitrogens with two attached hydrogens (primary N) is 1. The molecule has 1 aliphatic carbocycles. The molecule has 1 aromatic heterocycles. The van der Waals surface area contributed by atoms with Crippen LogP contribution in [0.15, 0.2) is 27.2 Å². The maximum absolute atomic E-state index is 5.90. The Bertz CT molecular complexity index is 742. The number of hydrogen-bond donors (Lipinski definition) is 1. The summed E-state index contributed by atoms with van der Waals surface area (Å²) in [5.41, 5.74) is 7.92. The van der Waals surface area contributed by atoms with E-state index in [4.69, 9.17) is 19.7 Å². The highest BCUT2D eigenvalue weighted by Gasteiger charge is 2.20. The first-order valence-corrected chi connectivity index (χ1v) is 8.08. The van der Waals surface area contributed by atoms with E-state index in [2.05, 4.69) is 32.1 Å². The van der Waals surface area contributed by atoms with Crippen LogP contribution in [0.25, 0.3) is 5.57 Å². The van der Waals surface area contributed by atoms with Gasteiger partial charge in [0.2, 0.25) is 0 Å². The van der Waals surface area contributed by atoms with E-state index in [0.717, 1.165) is 28.5 Å². The zero-order valence-corrected chi connectivity index (χ0v) is 14.6. The second-order valence-electron chi connectivity index (χ2n) is 5.40. The first kappa shape index (κ1) is 16.0. The minimum absolute atomic E-state index is 0.153. The summed E-state index contributed by atoms with van der Waals surface area (Å²) >= 11 is 3.55.